The van der Waals surface area contributed by atoms with Gasteiger partial charge in [0.15, 0.2) is 17.8 Å². The molecule has 0 aromatic carbocycles. The zero-order valence-corrected chi connectivity index (χ0v) is 17.5. The van der Waals surface area contributed by atoms with E-state index in [9.17, 15) is 9.36 Å². The van der Waals surface area contributed by atoms with Gasteiger partial charge in [-0.2, -0.15) is 4.98 Å². The molecule has 0 aliphatic carbocycles. The summed E-state index contributed by atoms with van der Waals surface area (Å²) in [6, 6.07) is 1.41. The maximum absolute atomic E-state index is 12.6. The summed E-state index contributed by atoms with van der Waals surface area (Å²) in [6.45, 7) is 6.97. The van der Waals surface area contributed by atoms with Gasteiger partial charge in [-0.3, -0.25) is 28.8 Å². The van der Waals surface area contributed by atoms with Gasteiger partial charge < -0.3 is 14.2 Å². The summed E-state index contributed by atoms with van der Waals surface area (Å²) in [6.07, 6.45) is -1.37. The number of hydrogen-bond acceptors (Lipinski definition) is 11. The molecule has 0 saturated carbocycles. The van der Waals surface area contributed by atoms with Crippen LogP contribution in [0, 0.1) is 0 Å². The molecular formula is C16H26N3O9P. The molecule has 1 aromatic rings. The third kappa shape index (κ3) is 4.86. The number of ether oxygens (including phenoxy) is 3. The van der Waals surface area contributed by atoms with Crippen molar-refractivity contribution in [3.05, 3.63) is 22.7 Å². The first-order valence-electron chi connectivity index (χ1n) is 9.26. The standard InChI is InChI=1S/C16H26N3O9P/c1-5-23-29(22,24-6-2)25-9-10-12-13(28-16(3,4)27-12)14(26-10)19-8-7-11(18-21)17-15(19)20/h7-8,10,12-14,21H,5-6,9H2,1-4H3,(H,17,18,20)/t10-,12?,13?,14-/m1/s1. The van der Waals surface area contributed by atoms with E-state index in [0.717, 1.165) is 0 Å². The van der Waals surface area contributed by atoms with E-state index < -0.39 is 43.8 Å². The molecule has 0 spiro atoms. The molecule has 2 N–H and O–H groups in total. The Kier molecular flexibility index (Phi) is 6.76. The van der Waals surface area contributed by atoms with Crippen molar-refractivity contribution in [3.63, 3.8) is 0 Å². The lowest BCUT2D eigenvalue weighted by molar-refractivity contribution is -0.200. The molecule has 12 nitrogen and oxygen atoms in total. The minimum absolute atomic E-state index is 0.000956. The molecule has 0 amide bonds. The van der Waals surface area contributed by atoms with Gasteiger partial charge in [-0.05, 0) is 33.8 Å². The molecule has 3 rings (SSSR count). The van der Waals surface area contributed by atoms with Gasteiger partial charge in [-0.25, -0.2) is 9.36 Å². The smallest absolute Gasteiger partial charge is 0.346 e. The number of aromatic nitrogens is 2. The van der Waals surface area contributed by atoms with E-state index in [2.05, 4.69) is 4.98 Å². The predicted molar refractivity (Wildman–Crippen MR) is 98.5 cm³/mol. The molecule has 2 fully saturated rings. The van der Waals surface area contributed by atoms with Gasteiger partial charge in [-0.15, -0.1) is 0 Å². The first-order valence-corrected chi connectivity index (χ1v) is 10.7. The van der Waals surface area contributed by atoms with Crippen LogP contribution in [0.15, 0.2) is 17.1 Å². The Morgan fingerprint density at radius 2 is 1.90 bits per heavy atom. The van der Waals surface area contributed by atoms with Crippen molar-refractivity contribution in [2.45, 2.75) is 58.0 Å². The molecule has 29 heavy (non-hydrogen) atoms. The lowest BCUT2D eigenvalue weighted by Gasteiger charge is -2.25. The van der Waals surface area contributed by atoms with Crippen LogP contribution in [0.25, 0.3) is 0 Å². The summed E-state index contributed by atoms with van der Waals surface area (Å²) in [4.78, 5) is 16.0. The van der Waals surface area contributed by atoms with E-state index in [1.807, 2.05) is 5.48 Å². The van der Waals surface area contributed by atoms with Crippen LogP contribution in [0.4, 0.5) is 5.82 Å². The Bertz CT molecular complexity index is 807. The lowest BCUT2D eigenvalue weighted by atomic mass is 10.1. The van der Waals surface area contributed by atoms with Gasteiger partial charge >= 0.3 is 13.5 Å². The monoisotopic (exact) mass is 435 g/mol. The number of nitrogens with zero attached hydrogens (tertiary/aromatic N) is 2. The Balaban J connectivity index is 1.81. The molecule has 1 aromatic heterocycles. The molecular weight excluding hydrogens is 409 g/mol. The predicted octanol–water partition coefficient (Wildman–Crippen LogP) is 1.66. The number of rotatable bonds is 9. The first-order chi connectivity index (χ1) is 13.7. The highest BCUT2D eigenvalue weighted by Crippen LogP contribution is 2.51. The molecule has 13 heteroatoms. The van der Waals surface area contributed by atoms with Crippen LogP contribution in [0.5, 0.6) is 0 Å². The molecule has 0 bridgehead atoms. The molecule has 4 atom stereocenters. The van der Waals surface area contributed by atoms with E-state index in [-0.39, 0.29) is 25.6 Å². The van der Waals surface area contributed by atoms with Gasteiger partial charge in [0.2, 0.25) is 0 Å². The molecule has 0 radical (unpaired) electrons. The van der Waals surface area contributed by atoms with Crippen LogP contribution >= 0.6 is 7.82 Å². The Labute approximate surface area is 167 Å². The van der Waals surface area contributed by atoms with Gasteiger partial charge in [0, 0.05) is 6.20 Å². The summed E-state index contributed by atoms with van der Waals surface area (Å²) in [5.41, 5.74) is 1.16. The number of nitrogens with one attached hydrogen (secondary N) is 1. The fraction of sp³-hybridized carbons (Fsp3) is 0.750. The zero-order chi connectivity index (χ0) is 21.2. The van der Waals surface area contributed by atoms with Crippen molar-refractivity contribution in [2.24, 2.45) is 0 Å². The second-order valence-corrected chi connectivity index (χ2v) is 8.49. The van der Waals surface area contributed by atoms with Gasteiger partial charge in [0.05, 0.1) is 19.8 Å². The second-order valence-electron chi connectivity index (χ2n) is 6.82. The normalized spacial score (nSPS) is 28.4. The number of fused-ring (bicyclic) bond motifs is 1. The Morgan fingerprint density at radius 1 is 1.24 bits per heavy atom. The van der Waals surface area contributed by atoms with E-state index in [1.54, 1.807) is 27.7 Å². The summed E-state index contributed by atoms with van der Waals surface area (Å²) < 4.78 is 47.3. The third-order valence-corrected chi connectivity index (χ3v) is 5.93. The van der Waals surface area contributed by atoms with Crippen LogP contribution in [0.1, 0.15) is 33.9 Å². The van der Waals surface area contributed by atoms with Crippen molar-refractivity contribution in [3.8, 4) is 0 Å². The van der Waals surface area contributed by atoms with Crippen molar-refractivity contribution < 1.29 is 37.6 Å². The summed E-state index contributed by atoms with van der Waals surface area (Å²) in [5, 5.41) is 8.91. The van der Waals surface area contributed by atoms with Crippen LogP contribution in [0.2, 0.25) is 0 Å². The molecule has 2 unspecified atom stereocenters. The molecule has 2 saturated heterocycles. The van der Waals surface area contributed by atoms with Crippen molar-refractivity contribution in [2.75, 3.05) is 25.3 Å². The van der Waals surface area contributed by atoms with Gasteiger partial charge in [-0.1, -0.05) is 0 Å². The summed E-state index contributed by atoms with van der Waals surface area (Å²) in [5.74, 6) is -0.915. The van der Waals surface area contributed by atoms with Crippen molar-refractivity contribution >= 4 is 13.6 Å². The third-order valence-electron chi connectivity index (χ3n) is 4.32. The zero-order valence-electron chi connectivity index (χ0n) is 16.6. The largest absolute Gasteiger partial charge is 0.474 e. The molecule has 2 aliphatic heterocycles. The highest BCUT2D eigenvalue weighted by atomic mass is 31.2. The van der Waals surface area contributed by atoms with Gasteiger partial charge in [0.25, 0.3) is 0 Å². The number of phosphoric ester groups is 1. The van der Waals surface area contributed by atoms with Crippen LogP contribution in [0.3, 0.4) is 0 Å². The Morgan fingerprint density at radius 3 is 2.48 bits per heavy atom. The fourth-order valence-electron chi connectivity index (χ4n) is 3.28. The quantitative estimate of drug-likeness (QED) is 0.432. The first kappa shape index (κ1) is 22.3. The fourth-order valence-corrected chi connectivity index (χ4v) is 4.46. The lowest BCUT2D eigenvalue weighted by Crippen LogP contribution is -2.34. The van der Waals surface area contributed by atoms with Crippen LogP contribution in [-0.2, 0) is 32.3 Å². The average molecular weight is 435 g/mol. The molecule has 3 heterocycles. The number of hydrogen-bond donors (Lipinski definition) is 2. The van der Waals surface area contributed by atoms with Crippen LogP contribution < -0.4 is 11.2 Å². The van der Waals surface area contributed by atoms with Gasteiger partial charge in [0.1, 0.15) is 18.3 Å². The van der Waals surface area contributed by atoms with E-state index in [0.29, 0.717) is 0 Å². The average Bonchev–Trinajstić information content (AvgIpc) is 3.13. The summed E-state index contributed by atoms with van der Waals surface area (Å²) in [7, 11) is -3.75. The minimum Gasteiger partial charge on any atom is -0.346 e. The van der Waals surface area contributed by atoms with Crippen molar-refractivity contribution in [1.82, 2.24) is 9.55 Å². The number of anilines is 1. The minimum atomic E-state index is -3.75. The topological polar surface area (TPSA) is 140 Å². The number of phosphoric acid groups is 1. The maximum atomic E-state index is 12.6. The van der Waals surface area contributed by atoms with Crippen molar-refractivity contribution in [1.29, 1.82) is 0 Å². The van der Waals surface area contributed by atoms with Crippen LogP contribution in [-0.4, -0.2) is 58.7 Å². The van der Waals surface area contributed by atoms with E-state index in [4.69, 9.17) is 33.0 Å². The van der Waals surface area contributed by atoms with E-state index >= 15 is 0 Å². The maximum Gasteiger partial charge on any atom is 0.474 e. The second kappa shape index (κ2) is 8.78. The highest BCUT2D eigenvalue weighted by molar-refractivity contribution is 7.48. The summed E-state index contributed by atoms with van der Waals surface area (Å²) >= 11 is 0. The highest BCUT2D eigenvalue weighted by Gasteiger charge is 2.56. The SMILES string of the molecule is CCOP(=O)(OCC)OC[C@H]1O[C@@H](n2ccc(NO)nc2=O)C2OC(C)(C)OC21. The van der Waals surface area contributed by atoms with E-state index in [1.165, 1.54) is 16.8 Å². The Hall–Kier alpha value is -1.37. The molecule has 2 aliphatic rings. The molecule has 164 valence electrons.